The fourth-order valence-electron chi connectivity index (χ4n) is 1.98. The number of hydrogen-bond acceptors (Lipinski definition) is 3. The van der Waals surface area contributed by atoms with Crippen molar-refractivity contribution in [3.05, 3.63) is 0 Å². The summed E-state index contributed by atoms with van der Waals surface area (Å²) in [5.74, 6) is 0. The first kappa shape index (κ1) is 19.1. The molecule has 0 rings (SSSR count). The molecular formula is C14H32NO3P. The minimum Gasteiger partial charge on any atom is -0.324 e. The third kappa shape index (κ3) is 14.3. The molecular weight excluding hydrogens is 261 g/mol. The molecule has 0 aromatic rings. The van der Waals surface area contributed by atoms with Gasteiger partial charge in [0.25, 0.3) is 0 Å². The smallest absolute Gasteiger partial charge is 0.324 e. The van der Waals surface area contributed by atoms with Gasteiger partial charge >= 0.3 is 7.60 Å². The lowest BCUT2D eigenvalue weighted by atomic mass is 10.2. The van der Waals surface area contributed by atoms with Crippen molar-refractivity contribution in [2.24, 2.45) is 0 Å². The monoisotopic (exact) mass is 293 g/mol. The fraction of sp³-hybridized carbons (Fsp3) is 1.00. The molecule has 0 heterocycles. The molecule has 0 aliphatic rings. The number of unbranched alkanes of at least 4 members (excludes halogenated alkanes) is 6. The van der Waals surface area contributed by atoms with Crippen LogP contribution in [0, 0.1) is 0 Å². The number of rotatable bonds is 14. The zero-order chi connectivity index (χ0) is 14.4. The van der Waals surface area contributed by atoms with Crippen LogP contribution in [0.15, 0.2) is 0 Å². The van der Waals surface area contributed by atoms with Crippen LogP contribution in [-0.4, -0.2) is 30.8 Å². The fourth-order valence-corrected chi connectivity index (χ4v) is 3.14. The van der Waals surface area contributed by atoms with E-state index in [2.05, 4.69) is 12.2 Å². The van der Waals surface area contributed by atoms with E-state index in [0.29, 0.717) is 12.8 Å². The van der Waals surface area contributed by atoms with Gasteiger partial charge in [0.2, 0.25) is 0 Å². The molecule has 5 heteroatoms. The van der Waals surface area contributed by atoms with E-state index in [-0.39, 0.29) is 0 Å². The Bertz CT molecular complexity index is 237. The standard InChI is InChI=1S/C14H32NO3P/c1-3-5-6-9-12-15-13-10-7-8-11-14-19(16,17)18-4-2/h15H,3-14H2,1-2H3,(H,16,17). The van der Waals surface area contributed by atoms with Gasteiger partial charge in [-0.05, 0) is 39.3 Å². The van der Waals surface area contributed by atoms with Crippen LogP contribution in [0.25, 0.3) is 0 Å². The maximum atomic E-state index is 11.4. The number of nitrogens with one attached hydrogen (secondary N) is 1. The molecule has 0 aromatic heterocycles. The molecule has 0 aliphatic heterocycles. The van der Waals surface area contributed by atoms with Gasteiger partial charge in [0.05, 0.1) is 6.61 Å². The van der Waals surface area contributed by atoms with Crippen molar-refractivity contribution in [1.82, 2.24) is 5.32 Å². The second-order valence-corrected chi connectivity index (χ2v) is 6.98. The second-order valence-electron chi connectivity index (χ2n) is 5.00. The van der Waals surface area contributed by atoms with Gasteiger partial charge in [0, 0.05) is 6.16 Å². The molecule has 1 atom stereocenters. The molecule has 0 aromatic carbocycles. The van der Waals surface area contributed by atoms with Crippen LogP contribution in [-0.2, 0) is 9.09 Å². The molecule has 0 aliphatic carbocycles. The normalized spacial score (nSPS) is 14.5. The van der Waals surface area contributed by atoms with Gasteiger partial charge in [0.1, 0.15) is 0 Å². The average Bonchev–Trinajstić information content (AvgIpc) is 2.36. The van der Waals surface area contributed by atoms with Crippen LogP contribution >= 0.6 is 7.60 Å². The number of hydrogen-bond donors (Lipinski definition) is 2. The van der Waals surface area contributed by atoms with Crippen LogP contribution < -0.4 is 5.32 Å². The highest BCUT2D eigenvalue weighted by atomic mass is 31.2. The summed E-state index contributed by atoms with van der Waals surface area (Å²) >= 11 is 0. The Morgan fingerprint density at radius 3 is 2.11 bits per heavy atom. The molecule has 116 valence electrons. The zero-order valence-corrected chi connectivity index (χ0v) is 13.6. The minimum atomic E-state index is -3.29. The third-order valence-corrected chi connectivity index (χ3v) is 4.63. The van der Waals surface area contributed by atoms with E-state index in [0.717, 1.165) is 38.8 Å². The zero-order valence-electron chi connectivity index (χ0n) is 12.7. The van der Waals surface area contributed by atoms with Crippen LogP contribution in [0.1, 0.15) is 65.2 Å². The summed E-state index contributed by atoms with van der Waals surface area (Å²) in [6, 6.07) is 0. The molecule has 0 fully saturated rings. The van der Waals surface area contributed by atoms with Crippen LogP contribution in [0.5, 0.6) is 0 Å². The lowest BCUT2D eigenvalue weighted by Crippen LogP contribution is -2.16. The summed E-state index contributed by atoms with van der Waals surface area (Å²) in [4.78, 5) is 9.38. The van der Waals surface area contributed by atoms with Crippen molar-refractivity contribution in [2.75, 3.05) is 25.9 Å². The third-order valence-electron chi connectivity index (χ3n) is 3.08. The van der Waals surface area contributed by atoms with Gasteiger partial charge in [-0.15, -0.1) is 0 Å². The molecule has 4 nitrogen and oxygen atoms in total. The highest BCUT2D eigenvalue weighted by molar-refractivity contribution is 7.52. The van der Waals surface area contributed by atoms with E-state index in [1.807, 2.05) is 0 Å². The molecule has 0 saturated heterocycles. The summed E-state index contributed by atoms with van der Waals surface area (Å²) in [6.45, 7) is 6.47. The molecule has 1 unspecified atom stereocenters. The van der Waals surface area contributed by atoms with Crippen molar-refractivity contribution in [3.63, 3.8) is 0 Å². The summed E-state index contributed by atoms with van der Waals surface area (Å²) in [5, 5.41) is 3.44. The Labute approximate surface area is 118 Å². The largest absolute Gasteiger partial charge is 0.328 e. The van der Waals surface area contributed by atoms with E-state index in [4.69, 9.17) is 4.52 Å². The van der Waals surface area contributed by atoms with E-state index in [1.165, 1.54) is 25.7 Å². The molecule has 2 N–H and O–H groups in total. The van der Waals surface area contributed by atoms with Gasteiger partial charge in [0.15, 0.2) is 0 Å². The van der Waals surface area contributed by atoms with Gasteiger partial charge in [-0.1, -0.05) is 39.0 Å². The molecule has 0 radical (unpaired) electrons. The van der Waals surface area contributed by atoms with Crippen LogP contribution in [0.3, 0.4) is 0 Å². The van der Waals surface area contributed by atoms with Crippen LogP contribution in [0.2, 0.25) is 0 Å². The summed E-state index contributed by atoms with van der Waals surface area (Å²) < 4.78 is 16.2. The second kappa shape index (κ2) is 13.1. The molecule has 19 heavy (non-hydrogen) atoms. The lowest BCUT2D eigenvalue weighted by Gasteiger charge is -2.10. The minimum absolute atomic E-state index is 0.297. The highest BCUT2D eigenvalue weighted by Gasteiger charge is 2.16. The van der Waals surface area contributed by atoms with Crippen LogP contribution in [0.4, 0.5) is 0 Å². The maximum Gasteiger partial charge on any atom is 0.328 e. The van der Waals surface area contributed by atoms with E-state index < -0.39 is 7.60 Å². The Kier molecular flexibility index (Phi) is 13.2. The van der Waals surface area contributed by atoms with E-state index in [1.54, 1.807) is 6.92 Å². The SMILES string of the molecule is CCCCCCNCCCCCCP(=O)(O)OCC. The Balaban J connectivity index is 3.17. The Morgan fingerprint density at radius 1 is 0.947 bits per heavy atom. The van der Waals surface area contributed by atoms with Gasteiger partial charge in [-0.3, -0.25) is 4.57 Å². The molecule has 0 saturated carbocycles. The van der Waals surface area contributed by atoms with E-state index >= 15 is 0 Å². The van der Waals surface area contributed by atoms with Crippen molar-refractivity contribution >= 4 is 7.60 Å². The molecule has 0 amide bonds. The molecule has 0 bridgehead atoms. The molecule has 0 spiro atoms. The van der Waals surface area contributed by atoms with E-state index in [9.17, 15) is 9.46 Å². The predicted molar refractivity (Wildman–Crippen MR) is 81.8 cm³/mol. The summed E-state index contributed by atoms with van der Waals surface area (Å²) in [7, 11) is -3.29. The van der Waals surface area contributed by atoms with Crippen molar-refractivity contribution in [2.45, 2.75) is 65.2 Å². The van der Waals surface area contributed by atoms with Crippen molar-refractivity contribution < 1.29 is 14.0 Å². The first-order chi connectivity index (χ1) is 9.12. The average molecular weight is 293 g/mol. The first-order valence-corrected chi connectivity index (χ1v) is 9.55. The quantitative estimate of drug-likeness (QED) is 0.376. The maximum absolute atomic E-state index is 11.4. The van der Waals surface area contributed by atoms with Gasteiger partial charge < -0.3 is 14.7 Å². The van der Waals surface area contributed by atoms with Gasteiger partial charge in [-0.25, -0.2) is 0 Å². The van der Waals surface area contributed by atoms with Gasteiger partial charge in [-0.2, -0.15) is 0 Å². The summed E-state index contributed by atoms with van der Waals surface area (Å²) in [5.41, 5.74) is 0. The lowest BCUT2D eigenvalue weighted by molar-refractivity contribution is 0.272. The first-order valence-electron chi connectivity index (χ1n) is 7.79. The predicted octanol–water partition coefficient (Wildman–Crippen LogP) is 3.94. The Morgan fingerprint density at radius 2 is 1.53 bits per heavy atom. The van der Waals surface area contributed by atoms with Crippen molar-refractivity contribution in [3.8, 4) is 0 Å². The highest BCUT2D eigenvalue weighted by Crippen LogP contribution is 2.42. The topological polar surface area (TPSA) is 58.6 Å². The van der Waals surface area contributed by atoms with Crippen molar-refractivity contribution in [1.29, 1.82) is 0 Å². The summed E-state index contributed by atoms with van der Waals surface area (Å²) in [6.07, 6.45) is 9.58. The Hall–Kier alpha value is 0.110.